The molecule has 0 radical (unpaired) electrons. The Labute approximate surface area is 192 Å². The minimum absolute atomic E-state index is 0.0596. The van der Waals surface area contributed by atoms with E-state index in [-0.39, 0.29) is 11.9 Å². The van der Waals surface area contributed by atoms with E-state index in [2.05, 4.69) is 26.8 Å². The SMILES string of the molecule is C=CC(=O)N1CCC[C@H](n2cnc3c(N)nc(Nc4ccc(OCCCOC)cc4)nc32)C1. The number of carbonyl (C=O) groups excluding carboxylic acids is 1. The van der Waals surface area contributed by atoms with Gasteiger partial charge in [-0.25, -0.2) is 4.98 Å². The molecule has 3 heterocycles. The highest BCUT2D eigenvalue weighted by Gasteiger charge is 2.25. The first-order chi connectivity index (χ1) is 16.1. The molecule has 1 amide bonds. The van der Waals surface area contributed by atoms with E-state index in [0.717, 1.165) is 37.2 Å². The van der Waals surface area contributed by atoms with Crippen LogP contribution in [0.25, 0.3) is 11.2 Å². The van der Waals surface area contributed by atoms with E-state index in [4.69, 9.17) is 15.2 Å². The summed E-state index contributed by atoms with van der Waals surface area (Å²) >= 11 is 0. The summed E-state index contributed by atoms with van der Waals surface area (Å²) in [5.41, 5.74) is 8.18. The van der Waals surface area contributed by atoms with Crippen molar-refractivity contribution in [1.82, 2.24) is 24.4 Å². The number of nitrogens with one attached hydrogen (secondary N) is 1. The molecule has 1 aliphatic rings. The number of likely N-dealkylation sites (tertiary alicyclic amines) is 1. The van der Waals surface area contributed by atoms with E-state index < -0.39 is 0 Å². The standard InChI is InChI=1S/C23H29N7O3/c1-3-19(31)29-11-4-6-17(14-29)30-15-25-20-21(24)27-23(28-22(20)30)26-16-7-9-18(10-8-16)33-13-5-12-32-2/h3,7-10,15,17H,1,4-6,11-14H2,2H3,(H3,24,26,27,28)/t17-/m0/s1. The molecule has 10 nitrogen and oxygen atoms in total. The zero-order chi connectivity index (χ0) is 23.2. The van der Waals surface area contributed by atoms with Gasteiger partial charge in [0.15, 0.2) is 11.5 Å². The molecule has 0 bridgehead atoms. The van der Waals surface area contributed by atoms with E-state index in [1.165, 1.54) is 6.08 Å². The molecule has 0 unspecified atom stereocenters. The van der Waals surface area contributed by atoms with Gasteiger partial charge in [0.25, 0.3) is 0 Å². The van der Waals surface area contributed by atoms with E-state index in [1.54, 1.807) is 18.3 Å². The van der Waals surface area contributed by atoms with Crippen molar-refractivity contribution in [3.05, 3.63) is 43.2 Å². The number of piperidine rings is 1. The summed E-state index contributed by atoms with van der Waals surface area (Å²) in [4.78, 5) is 27.3. The number of hydrogen-bond acceptors (Lipinski definition) is 8. The summed E-state index contributed by atoms with van der Waals surface area (Å²) in [5, 5.41) is 3.20. The van der Waals surface area contributed by atoms with E-state index >= 15 is 0 Å². The van der Waals surface area contributed by atoms with Gasteiger partial charge in [-0.15, -0.1) is 0 Å². The van der Waals surface area contributed by atoms with Crippen molar-refractivity contribution in [3.8, 4) is 5.75 Å². The van der Waals surface area contributed by atoms with E-state index in [1.807, 2.05) is 28.8 Å². The minimum atomic E-state index is -0.0632. The summed E-state index contributed by atoms with van der Waals surface area (Å²) in [6.45, 7) is 6.16. The fourth-order valence-corrected chi connectivity index (χ4v) is 3.93. The van der Waals surface area contributed by atoms with Gasteiger partial charge in [-0.1, -0.05) is 6.58 Å². The summed E-state index contributed by atoms with van der Waals surface area (Å²) in [7, 11) is 1.67. The molecule has 4 rings (SSSR count). The Morgan fingerprint density at radius 2 is 2.12 bits per heavy atom. The van der Waals surface area contributed by atoms with Crippen LogP contribution in [0.1, 0.15) is 25.3 Å². The second kappa shape index (κ2) is 10.3. The number of carbonyl (C=O) groups is 1. The predicted octanol–water partition coefficient (Wildman–Crippen LogP) is 2.92. The Balaban J connectivity index is 1.50. The zero-order valence-corrected chi connectivity index (χ0v) is 18.7. The second-order valence-corrected chi connectivity index (χ2v) is 7.89. The van der Waals surface area contributed by atoms with Gasteiger partial charge in [0.1, 0.15) is 11.3 Å². The smallest absolute Gasteiger partial charge is 0.246 e. The highest BCUT2D eigenvalue weighted by molar-refractivity contribution is 5.87. The number of hydrogen-bond donors (Lipinski definition) is 2. The maximum atomic E-state index is 12.1. The van der Waals surface area contributed by atoms with Crippen molar-refractivity contribution in [1.29, 1.82) is 0 Å². The number of anilines is 3. The van der Waals surface area contributed by atoms with Gasteiger partial charge in [-0.3, -0.25) is 4.79 Å². The minimum Gasteiger partial charge on any atom is -0.494 e. The van der Waals surface area contributed by atoms with Gasteiger partial charge in [0.05, 0.1) is 19.0 Å². The molecule has 1 aliphatic heterocycles. The van der Waals surface area contributed by atoms with Gasteiger partial charge in [0, 0.05) is 38.9 Å². The molecule has 1 fully saturated rings. The van der Waals surface area contributed by atoms with Crippen molar-refractivity contribution in [2.75, 3.05) is 44.5 Å². The second-order valence-electron chi connectivity index (χ2n) is 7.89. The quantitative estimate of drug-likeness (QED) is 0.376. The molecule has 1 saturated heterocycles. The normalized spacial score (nSPS) is 16.0. The van der Waals surface area contributed by atoms with Crippen LogP contribution >= 0.6 is 0 Å². The van der Waals surface area contributed by atoms with Crippen LogP contribution in [0, 0.1) is 0 Å². The maximum Gasteiger partial charge on any atom is 0.246 e. The van der Waals surface area contributed by atoms with Crippen LogP contribution in [-0.2, 0) is 9.53 Å². The van der Waals surface area contributed by atoms with Crippen molar-refractivity contribution >= 4 is 34.5 Å². The zero-order valence-electron chi connectivity index (χ0n) is 18.7. The van der Waals surface area contributed by atoms with Crippen LogP contribution in [0.2, 0.25) is 0 Å². The number of nitrogen functional groups attached to an aromatic ring is 1. The number of methoxy groups -OCH3 is 1. The Morgan fingerprint density at radius 3 is 2.88 bits per heavy atom. The Bertz CT molecular complexity index is 1110. The lowest BCUT2D eigenvalue weighted by molar-refractivity contribution is -0.127. The third-order valence-electron chi connectivity index (χ3n) is 5.60. The van der Waals surface area contributed by atoms with Gasteiger partial charge < -0.3 is 30.0 Å². The van der Waals surface area contributed by atoms with Crippen LogP contribution in [0.3, 0.4) is 0 Å². The first-order valence-corrected chi connectivity index (χ1v) is 11.0. The Morgan fingerprint density at radius 1 is 1.30 bits per heavy atom. The molecule has 0 aliphatic carbocycles. The largest absolute Gasteiger partial charge is 0.494 e. The van der Waals surface area contributed by atoms with Gasteiger partial charge in [0.2, 0.25) is 11.9 Å². The van der Waals surface area contributed by atoms with Crippen LogP contribution in [-0.4, -0.2) is 63.7 Å². The molecule has 0 spiro atoms. The third-order valence-corrected chi connectivity index (χ3v) is 5.60. The van der Waals surface area contributed by atoms with E-state index in [9.17, 15) is 4.79 Å². The highest BCUT2D eigenvalue weighted by Crippen LogP contribution is 2.28. The van der Waals surface area contributed by atoms with Crippen LogP contribution < -0.4 is 15.8 Å². The van der Waals surface area contributed by atoms with Crippen molar-refractivity contribution in [2.45, 2.75) is 25.3 Å². The van der Waals surface area contributed by atoms with Crippen LogP contribution in [0.5, 0.6) is 5.75 Å². The molecule has 0 saturated carbocycles. The van der Waals surface area contributed by atoms with Crippen molar-refractivity contribution in [3.63, 3.8) is 0 Å². The van der Waals surface area contributed by atoms with Crippen molar-refractivity contribution < 1.29 is 14.3 Å². The lowest BCUT2D eigenvalue weighted by atomic mass is 10.1. The summed E-state index contributed by atoms with van der Waals surface area (Å²) in [6, 6.07) is 7.62. The first kappa shape index (κ1) is 22.5. The predicted molar refractivity (Wildman–Crippen MR) is 126 cm³/mol. The average Bonchev–Trinajstić information content (AvgIpc) is 3.27. The lowest BCUT2D eigenvalue weighted by Gasteiger charge is -2.32. The Hall–Kier alpha value is -3.66. The van der Waals surface area contributed by atoms with E-state index in [0.29, 0.717) is 42.7 Å². The lowest BCUT2D eigenvalue weighted by Crippen LogP contribution is -2.39. The number of nitrogens with zero attached hydrogens (tertiary/aromatic N) is 5. The number of benzene rings is 1. The summed E-state index contributed by atoms with van der Waals surface area (Å²) < 4.78 is 12.7. The number of ether oxygens (including phenoxy) is 2. The number of fused-ring (bicyclic) bond motifs is 1. The highest BCUT2D eigenvalue weighted by atomic mass is 16.5. The van der Waals surface area contributed by atoms with Gasteiger partial charge >= 0.3 is 0 Å². The monoisotopic (exact) mass is 451 g/mol. The number of nitrogens with two attached hydrogens (primary N) is 1. The average molecular weight is 452 g/mol. The molecule has 3 aromatic rings. The topological polar surface area (TPSA) is 120 Å². The molecule has 1 aromatic carbocycles. The molecule has 1 atom stereocenters. The number of amides is 1. The molecular weight excluding hydrogens is 422 g/mol. The van der Waals surface area contributed by atoms with Gasteiger partial charge in [-0.2, -0.15) is 9.97 Å². The number of rotatable bonds is 9. The number of imidazole rings is 1. The fourth-order valence-electron chi connectivity index (χ4n) is 3.93. The Kier molecular flexibility index (Phi) is 7.04. The first-order valence-electron chi connectivity index (χ1n) is 11.0. The maximum absolute atomic E-state index is 12.1. The summed E-state index contributed by atoms with van der Waals surface area (Å²) in [6.07, 6.45) is 5.73. The molecule has 3 N–H and O–H groups in total. The van der Waals surface area contributed by atoms with Gasteiger partial charge in [-0.05, 0) is 43.2 Å². The molecule has 2 aromatic heterocycles. The summed E-state index contributed by atoms with van der Waals surface area (Å²) in [5.74, 6) is 1.40. The molecular formula is C23H29N7O3. The molecule has 33 heavy (non-hydrogen) atoms. The third kappa shape index (κ3) is 5.23. The number of aromatic nitrogens is 4. The van der Waals surface area contributed by atoms with Crippen LogP contribution in [0.4, 0.5) is 17.5 Å². The van der Waals surface area contributed by atoms with Crippen LogP contribution in [0.15, 0.2) is 43.2 Å². The molecule has 174 valence electrons. The fraction of sp³-hybridized carbons (Fsp3) is 0.391. The van der Waals surface area contributed by atoms with Crippen molar-refractivity contribution in [2.24, 2.45) is 0 Å². The molecule has 10 heteroatoms.